The fraction of sp³-hybridized carbons (Fsp3) is 0.538. The molecule has 0 saturated heterocycles. The smallest absolute Gasteiger partial charge is 0.123 e. The van der Waals surface area contributed by atoms with Gasteiger partial charge in [0.15, 0.2) is 0 Å². The van der Waals surface area contributed by atoms with Crippen LogP contribution >= 0.6 is 0 Å². The zero-order valence-electron chi connectivity index (χ0n) is 10.2. The molecule has 1 rings (SSSR count). The first-order chi connectivity index (χ1) is 7.61. The van der Waals surface area contributed by atoms with Gasteiger partial charge in [-0.25, -0.2) is 4.39 Å². The summed E-state index contributed by atoms with van der Waals surface area (Å²) in [6.45, 7) is 4.92. The van der Waals surface area contributed by atoms with Crippen molar-refractivity contribution in [2.24, 2.45) is 0 Å². The van der Waals surface area contributed by atoms with E-state index in [9.17, 15) is 4.39 Å². The summed E-state index contributed by atoms with van der Waals surface area (Å²) in [5.74, 6) is -0.171. The fourth-order valence-corrected chi connectivity index (χ4v) is 1.54. The molecule has 1 N–H and O–H groups in total. The molecule has 0 spiro atoms. The Morgan fingerprint density at radius 1 is 1.38 bits per heavy atom. The summed E-state index contributed by atoms with van der Waals surface area (Å²) in [6, 6.07) is 7.06. The quantitative estimate of drug-likeness (QED) is 0.802. The number of methoxy groups -OCH3 is 1. The molecule has 0 radical (unpaired) electrons. The van der Waals surface area contributed by atoms with Crippen molar-refractivity contribution in [3.05, 3.63) is 35.6 Å². The Morgan fingerprint density at radius 3 is 2.75 bits per heavy atom. The van der Waals surface area contributed by atoms with E-state index in [0.717, 1.165) is 18.5 Å². The van der Waals surface area contributed by atoms with Crippen molar-refractivity contribution in [3.8, 4) is 0 Å². The van der Waals surface area contributed by atoms with Crippen LogP contribution in [0.4, 0.5) is 4.39 Å². The van der Waals surface area contributed by atoms with E-state index < -0.39 is 0 Å². The lowest BCUT2D eigenvalue weighted by Gasteiger charge is -2.17. The van der Waals surface area contributed by atoms with E-state index in [1.54, 1.807) is 19.2 Å². The second-order valence-corrected chi connectivity index (χ2v) is 4.19. The number of ether oxygens (including phenoxy) is 1. The van der Waals surface area contributed by atoms with Gasteiger partial charge in [-0.3, -0.25) is 0 Å². The van der Waals surface area contributed by atoms with E-state index in [2.05, 4.69) is 12.2 Å². The van der Waals surface area contributed by atoms with Gasteiger partial charge >= 0.3 is 0 Å². The first kappa shape index (κ1) is 13.1. The van der Waals surface area contributed by atoms with Crippen molar-refractivity contribution < 1.29 is 9.13 Å². The lowest BCUT2D eigenvalue weighted by molar-refractivity contribution is 0.115. The van der Waals surface area contributed by atoms with Gasteiger partial charge in [-0.05, 0) is 38.0 Å². The van der Waals surface area contributed by atoms with Crippen LogP contribution in [-0.2, 0) is 11.2 Å². The standard InChI is InChI=1S/C13H20FNO/c1-10(15-9-11(2)16-3)7-12-5-4-6-13(14)8-12/h4-6,8,10-11,15H,7,9H2,1-3H3. The number of nitrogens with one attached hydrogen (secondary N) is 1. The molecule has 3 heteroatoms. The third-order valence-corrected chi connectivity index (χ3v) is 2.59. The van der Waals surface area contributed by atoms with E-state index >= 15 is 0 Å². The molecule has 16 heavy (non-hydrogen) atoms. The van der Waals surface area contributed by atoms with Crippen LogP contribution < -0.4 is 5.32 Å². The highest BCUT2D eigenvalue weighted by atomic mass is 19.1. The molecule has 0 aliphatic heterocycles. The molecule has 0 aliphatic rings. The maximum Gasteiger partial charge on any atom is 0.123 e. The molecule has 90 valence electrons. The van der Waals surface area contributed by atoms with Crippen LogP contribution in [-0.4, -0.2) is 25.8 Å². The van der Waals surface area contributed by atoms with E-state index in [0.29, 0.717) is 6.04 Å². The second kappa shape index (κ2) is 6.61. The van der Waals surface area contributed by atoms with Crippen LogP contribution in [0.1, 0.15) is 19.4 Å². The zero-order chi connectivity index (χ0) is 12.0. The van der Waals surface area contributed by atoms with Gasteiger partial charge in [-0.15, -0.1) is 0 Å². The number of hydrogen-bond donors (Lipinski definition) is 1. The topological polar surface area (TPSA) is 21.3 Å². The fourth-order valence-electron chi connectivity index (χ4n) is 1.54. The molecule has 1 aromatic carbocycles. The van der Waals surface area contributed by atoms with Crippen LogP contribution in [0.15, 0.2) is 24.3 Å². The third-order valence-electron chi connectivity index (χ3n) is 2.59. The van der Waals surface area contributed by atoms with Gasteiger partial charge in [0, 0.05) is 19.7 Å². The molecule has 0 amide bonds. The van der Waals surface area contributed by atoms with Crippen LogP contribution in [0, 0.1) is 5.82 Å². The molecular weight excluding hydrogens is 205 g/mol. The summed E-state index contributed by atoms with van der Waals surface area (Å²) < 4.78 is 18.1. The predicted molar refractivity (Wildman–Crippen MR) is 64.0 cm³/mol. The zero-order valence-corrected chi connectivity index (χ0v) is 10.2. The Kier molecular flexibility index (Phi) is 5.43. The van der Waals surface area contributed by atoms with Crippen molar-refractivity contribution in [1.82, 2.24) is 5.32 Å². The third kappa shape index (κ3) is 4.73. The van der Waals surface area contributed by atoms with Crippen molar-refractivity contribution >= 4 is 0 Å². The van der Waals surface area contributed by atoms with Gasteiger partial charge in [0.1, 0.15) is 5.82 Å². The summed E-state index contributed by atoms with van der Waals surface area (Å²) in [5.41, 5.74) is 1.02. The number of halogens is 1. The first-order valence-electron chi connectivity index (χ1n) is 5.62. The maximum atomic E-state index is 12.9. The van der Waals surface area contributed by atoms with Crippen LogP contribution in [0.5, 0.6) is 0 Å². The molecule has 0 fully saturated rings. The highest BCUT2D eigenvalue weighted by Crippen LogP contribution is 2.06. The normalized spacial score (nSPS) is 14.8. The van der Waals surface area contributed by atoms with E-state index in [1.165, 1.54) is 6.07 Å². The number of hydrogen-bond acceptors (Lipinski definition) is 2. The van der Waals surface area contributed by atoms with Crippen molar-refractivity contribution in [2.75, 3.05) is 13.7 Å². The van der Waals surface area contributed by atoms with E-state index in [4.69, 9.17) is 4.74 Å². The van der Waals surface area contributed by atoms with Gasteiger partial charge in [0.25, 0.3) is 0 Å². The average molecular weight is 225 g/mol. The Balaban J connectivity index is 2.36. The van der Waals surface area contributed by atoms with Crippen LogP contribution in [0.2, 0.25) is 0 Å². The molecule has 0 bridgehead atoms. The van der Waals surface area contributed by atoms with Gasteiger partial charge in [-0.1, -0.05) is 12.1 Å². The SMILES string of the molecule is COC(C)CNC(C)Cc1cccc(F)c1. The maximum absolute atomic E-state index is 12.9. The van der Waals surface area contributed by atoms with Crippen molar-refractivity contribution in [3.63, 3.8) is 0 Å². The summed E-state index contributed by atoms with van der Waals surface area (Å²) in [4.78, 5) is 0. The summed E-state index contributed by atoms with van der Waals surface area (Å²) in [5, 5.41) is 3.35. The molecule has 0 saturated carbocycles. The van der Waals surface area contributed by atoms with Gasteiger partial charge in [0.2, 0.25) is 0 Å². The first-order valence-corrected chi connectivity index (χ1v) is 5.62. The molecular formula is C13H20FNO. The largest absolute Gasteiger partial charge is 0.380 e. The van der Waals surface area contributed by atoms with E-state index in [1.807, 2.05) is 13.0 Å². The summed E-state index contributed by atoms with van der Waals surface area (Å²) >= 11 is 0. The molecule has 2 unspecified atom stereocenters. The van der Waals surface area contributed by atoms with Crippen molar-refractivity contribution in [1.29, 1.82) is 0 Å². The van der Waals surface area contributed by atoms with Gasteiger partial charge in [0.05, 0.1) is 6.10 Å². The van der Waals surface area contributed by atoms with Gasteiger partial charge < -0.3 is 10.1 Å². The van der Waals surface area contributed by atoms with E-state index in [-0.39, 0.29) is 11.9 Å². The molecule has 0 aromatic heterocycles. The second-order valence-electron chi connectivity index (χ2n) is 4.19. The predicted octanol–water partition coefficient (Wildman–Crippen LogP) is 2.38. The Bertz CT molecular complexity index is 317. The van der Waals surface area contributed by atoms with Crippen molar-refractivity contribution in [2.45, 2.75) is 32.4 Å². The molecule has 1 aromatic rings. The molecule has 2 atom stereocenters. The van der Waals surface area contributed by atoms with Crippen LogP contribution in [0.25, 0.3) is 0 Å². The Hall–Kier alpha value is -0.930. The number of benzene rings is 1. The highest BCUT2D eigenvalue weighted by molar-refractivity contribution is 5.17. The average Bonchev–Trinajstić information content (AvgIpc) is 2.26. The molecule has 0 heterocycles. The minimum Gasteiger partial charge on any atom is -0.380 e. The minimum atomic E-state index is -0.171. The lowest BCUT2D eigenvalue weighted by Crippen LogP contribution is -2.34. The summed E-state index contributed by atoms with van der Waals surface area (Å²) in [6.07, 6.45) is 1.03. The molecule has 0 aliphatic carbocycles. The number of rotatable bonds is 6. The Labute approximate surface area is 96.8 Å². The Morgan fingerprint density at radius 2 is 2.12 bits per heavy atom. The molecule has 2 nitrogen and oxygen atoms in total. The lowest BCUT2D eigenvalue weighted by atomic mass is 10.1. The summed E-state index contributed by atoms with van der Waals surface area (Å²) in [7, 11) is 1.70. The minimum absolute atomic E-state index is 0.171. The highest BCUT2D eigenvalue weighted by Gasteiger charge is 2.06. The monoisotopic (exact) mass is 225 g/mol. The van der Waals surface area contributed by atoms with Gasteiger partial charge in [-0.2, -0.15) is 0 Å². The van der Waals surface area contributed by atoms with Crippen LogP contribution in [0.3, 0.4) is 0 Å².